The van der Waals surface area contributed by atoms with Crippen LogP contribution in [0.4, 0.5) is 0 Å². The molecule has 1 aliphatic heterocycles. The molecule has 1 aliphatic rings. The maximum Gasteiger partial charge on any atom is 0.107 e. The molecular weight excluding hydrogens is 128 g/mol. The van der Waals surface area contributed by atoms with Gasteiger partial charge in [0.2, 0.25) is 0 Å². The fourth-order valence-electron chi connectivity index (χ4n) is 0.847. The van der Waals surface area contributed by atoms with Crippen molar-refractivity contribution in [2.45, 2.75) is 38.9 Å². The number of hydrogen-bond acceptors (Lipinski definition) is 2. The Morgan fingerprint density at radius 2 is 2.40 bits per heavy atom. The average Bonchev–Trinajstić information content (AvgIpc) is 2.69. The van der Waals surface area contributed by atoms with Gasteiger partial charge in [-0.2, -0.15) is 0 Å². The molecule has 1 rings (SSSR count). The molecule has 1 saturated heterocycles. The normalized spacial score (nSPS) is 26.4. The van der Waals surface area contributed by atoms with Gasteiger partial charge in [-0.25, -0.2) is 0 Å². The van der Waals surface area contributed by atoms with E-state index in [9.17, 15) is 0 Å². The lowest BCUT2D eigenvalue weighted by atomic mass is 10.3. The van der Waals surface area contributed by atoms with Gasteiger partial charge < -0.3 is 9.47 Å². The first-order chi connectivity index (χ1) is 4.84. The summed E-state index contributed by atoms with van der Waals surface area (Å²) in [6.07, 6.45) is 3.08. The van der Waals surface area contributed by atoms with E-state index in [-0.39, 0.29) is 0 Å². The minimum atomic E-state index is 0.312. The van der Waals surface area contributed by atoms with Crippen molar-refractivity contribution in [1.82, 2.24) is 0 Å². The molecule has 1 fully saturated rings. The Hall–Kier alpha value is -0.0800. The van der Waals surface area contributed by atoms with Crippen LogP contribution in [0.1, 0.15) is 26.7 Å². The van der Waals surface area contributed by atoms with Crippen LogP contribution in [-0.2, 0) is 9.47 Å². The number of rotatable bonds is 5. The standard InChI is InChI=1S/C8H16O2/c1-3-4-5-9-7(2)8-6-10-8/h7-8H,3-6H2,1-2H3/t7-,8-/m1/s1. The van der Waals surface area contributed by atoms with Gasteiger partial charge in [0.1, 0.15) is 6.10 Å². The van der Waals surface area contributed by atoms with Crippen molar-refractivity contribution in [2.75, 3.05) is 13.2 Å². The van der Waals surface area contributed by atoms with Crippen LogP contribution in [0.25, 0.3) is 0 Å². The van der Waals surface area contributed by atoms with Crippen molar-refractivity contribution < 1.29 is 9.47 Å². The van der Waals surface area contributed by atoms with Gasteiger partial charge in [-0.15, -0.1) is 0 Å². The van der Waals surface area contributed by atoms with E-state index in [1.165, 1.54) is 6.42 Å². The molecule has 0 amide bonds. The third kappa shape index (κ3) is 2.67. The minimum Gasteiger partial charge on any atom is -0.376 e. The molecule has 1 heterocycles. The van der Waals surface area contributed by atoms with Crippen molar-refractivity contribution in [1.29, 1.82) is 0 Å². The summed E-state index contributed by atoms with van der Waals surface area (Å²) in [6, 6.07) is 0. The SMILES string of the molecule is CCCCO[C@H](C)[C@H]1CO1. The predicted octanol–water partition coefficient (Wildman–Crippen LogP) is 1.59. The molecule has 2 atom stereocenters. The first-order valence-electron chi connectivity index (χ1n) is 4.07. The summed E-state index contributed by atoms with van der Waals surface area (Å²) in [5.41, 5.74) is 0. The number of unbranched alkanes of at least 4 members (excludes halogenated alkanes) is 1. The summed E-state index contributed by atoms with van der Waals surface area (Å²) >= 11 is 0. The Labute approximate surface area is 62.5 Å². The number of epoxide rings is 1. The van der Waals surface area contributed by atoms with E-state index in [0.29, 0.717) is 12.2 Å². The van der Waals surface area contributed by atoms with E-state index in [1.54, 1.807) is 0 Å². The fraction of sp³-hybridized carbons (Fsp3) is 1.00. The number of hydrogen-bond donors (Lipinski definition) is 0. The summed E-state index contributed by atoms with van der Waals surface area (Å²) in [6.45, 7) is 6.03. The van der Waals surface area contributed by atoms with Gasteiger partial charge >= 0.3 is 0 Å². The van der Waals surface area contributed by atoms with E-state index >= 15 is 0 Å². The van der Waals surface area contributed by atoms with Gasteiger partial charge in [0, 0.05) is 6.61 Å². The van der Waals surface area contributed by atoms with Crippen LogP contribution in [0.2, 0.25) is 0 Å². The largest absolute Gasteiger partial charge is 0.376 e. The fourth-order valence-corrected chi connectivity index (χ4v) is 0.847. The molecule has 2 nitrogen and oxygen atoms in total. The highest BCUT2D eigenvalue weighted by atomic mass is 16.6. The smallest absolute Gasteiger partial charge is 0.107 e. The maximum absolute atomic E-state index is 5.48. The molecule has 0 aromatic carbocycles. The second-order valence-corrected chi connectivity index (χ2v) is 2.80. The van der Waals surface area contributed by atoms with Gasteiger partial charge in [-0.05, 0) is 13.3 Å². The van der Waals surface area contributed by atoms with Crippen molar-refractivity contribution in [3.63, 3.8) is 0 Å². The lowest BCUT2D eigenvalue weighted by Crippen LogP contribution is -2.15. The van der Waals surface area contributed by atoms with E-state index in [0.717, 1.165) is 19.6 Å². The third-order valence-electron chi connectivity index (χ3n) is 1.76. The molecule has 60 valence electrons. The Morgan fingerprint density at radius 1 is 1.70 bits per heavy atom. The highest BCUT2D eigenvalue weighted by Crippen LogP contribution is 2.16. The lowest BCUT2D eigenvalue weighted by molar-refractivity contribution is 0.0442. The van der Waals surface area contributed by atoms with Crippen LogP contribution in [0.5, 0.6) is 0 Å². The average molecular weight is 144 g/mol. The minimum absolute atomic E-state index is 0.312. The van der Waals surface area contributed by atoms with E-state index < -0.39 is 0 Å². The molecule has 0 unspecified atom stereocenters. The van der Waals surface area contributed by atoms with E-state index in [2.05, 4.69) is 13.8 Å². The quantitative estimate of drug-likeness (QED) is 0.431. The molecule has 0 saturated carbocycles. The van der Waals surface area contributed by atoms with Crippen LogP contribution in [0.3, 0.4) is 0 Å². The van der Waals surface area contributed by atoms with E-state index in [4.69, 9.17) is 9.47 Å². The predicted molar refractivity (Wildman–Crippen MR) is 40.1 cm³/mol. The molecular formula is C8H16O2. The molecule has 0 radical (unpaired) electrons. The van der Waals surface area contributed by atoms with Gasteiger partial charge in [0.15, 0.2) is 0 Å². The summed E-state index contributed by atoms with van der Waals surface area (Å²) in [5.74, 6) is 0. The highest BCUT2D eigenvalue weighted by molar-refractivity contribution is 4.75. The zero-order chi connectivity index (χ0) is 7.40. The van der Waals surface area contributed by atoms with Gasteiger partial charge in [0.25, 0.3) is 0 Å². The molecule has 0 spiro atoms. The van der Waals surface area contributed by atoms with Crippen LogP contribution in [0.15, 0.2) is 0 Å². The Balaban J connectivity index is 1.90. The second kappa shape index (κ2) is 3.94. The summed E-state index contributed by atoms with van der Waals surface area (Å²) < 4.78 is 10.6. The Morgan fingerprint density at radius 3 is 2.90 bits per heavy atom. The zero-order valence-electron chi connectivity index (χ0n) is 6.80. The van der Waals surface area contributed by atoms with Crippen molar-refractivity contribution in [3.8, 4) is 0 Å². The molecule has 0 bridgehead atoms. The topological polar surface area (TPSA) is 21.8 Å². The summed E-state index contributed by atoms with van der Waals surface area (Å²) in [5, 5.41) is 0. The molecule has 2 heteroatoms. The highest BCUT2D eigenvalue weighted by Gasteiger charge is 2.29. The monoisotopic (exact) mass is 144 g/mol. The van der Waals surface area contributed by atoms with Crippen LogP contribution in [0, 0.1) is 0 Å². The zero-order valence-corrected chi connectivity index (χ0v) is 6.80. The molecule has 0 aromatic heterocycles. The number of ether oxygens (including phenoxy) is 2. The molecule has 0 N–H and O–H groups in total. The van der Waals surface area contributed by atoms with Crippen molar-refractivity contribution in [3.05, 3.63) is 0 Å². The Kier molecular flexibility index (Phi) is 3.16. The van der Waals surface area contributed by atoms with Crippen LogP contribution in [-0.4, -0.2) is 25.4 Å². The first-order valence-corrected chi connectivity index (χ1v) is 4.07. The lowest BCUT2D eigenvalue weighted by Gasteiger charge is -2.08. The van der Waals surface area contributed by atoms with E-state index in [1.807, 2.05) is 0 Å². The summed E-state index contributed by atoms with van der Waals surface area (Å²) in [4.78, 5) is 0. The van der Waals surface area contributed by atoms with Gasteiger partial charge in [0.05, 0.1) is 12.7 Å². The summed E-state index contributed by atoms with van der Waals surface area (Å²) in [7, 11) is 0. The molecule has 0 aromatic rings. The van der Waals surface area contributed by atoms with Crippen LogP contribution < -0.4 is 0 Å². The maximum atomic E-state index is 5.48. The van der Waals surface area contributed by atoms with Gasteiger partial charge in [-0.3, -0.25) is 0 Å². The molecule has 10 heavy (non-hydrogen) atoms. The van der Waals surface area contributed by atoms with Crippen LogP contribution >= 0.6 is 0 Å². The van der Waals surface area contributed by atoms with Crippen molar-refractivity contribution >= 4 is 0 Å². The third-order valence-corrected chi connectivity index (χ3v) is 1.76. The molecule has 0 aliphatic carbocycles. The second-order valence-electron chi connectivity index (χ2n) is 2.80. The van der Waals surface area contributed by atoms with Gasteiger partial charge in [-0.1, -0.05) is 13.3 Å². The first kappa shape index (κ1) is 8.02. The van der Waals surface area contributed by atoms with Crippen molar-refractivity contribution in [2.24, 2.45) is 0 Å². The Bertz CT molecular complexity index is 89.3.